The summed E-state index contributed by atoms with van der Waals surface area (Å²) >= 11 is 0. The predicted molar refractivity (Wildman–Crippen MR) is 149 cm³/mol. The summed E-state index contributed by atoms with van der Waals surface area (Å²) in [5.74, 6) is -4.15. The Hall–Kier alpha value is -4.20. The van der Waals surface area contributed by atoms with Gasteiger partial charge in [0.25, 0.3) is 0 Å². The van der Waals surface area contributed by atoms with E-state index in [4.69, 9.17) is 22.9 Å². The largest absolute Gasteiger partial charge is 0.480 e. The molecule has 0 aromatic heterocycles. The van der Waals surface area contributed by atoms with Crippen LogP contribution in [0.25, 0.3) is 0 Å². The predicted octanol–water partition coefficient (Wildman–Crippen LogP) is -1.54. The van der Waals surface area contributed by atoms with Crippen LogP contribution in [0.3, 0.4) is 0 Å². The lowest BCUT2D eigenvalue weighted by Gasteiger charge is -2.25. The summed E-state index contributed by atoms with van der Waals surface area (Å²) in [4.78, 5) is 66.1. The van der Waals surface area contributed by atoms with Gasteiger partial charge in [-0.25, -0.2) is 4.79 Å². The summed E-state index contributed by atoms with van der Waals surface area (Å²) in [5.41, 5.74) is 22.6. The number of nitrogens with two attached hydrogens (primary N) is 4. The van der Waals surface area contributed by atoms with Crippen molar-refractivity contribution in [2.75, 3.05) is 6.54 Å². The molecule has 0 heterocycles. The Kier molecular flexibility index (Phi) is 14.7. The van der Waals surface area contributed by atoms with Gasteiger partial charge in [0.15, 0.2) is 5.96 Å². The van der Waals surface area contributed by atoms with Gasteiger partial charge in [0.1, 0.15) is 18.1 Å². The minimum atomic E-state index is -1.28. The molecule has 0 radical (unpaired) electrons. The second kappa shape index (κ2) is 17.4. The van der Waals surface area contributed by atoms with Gasteiger partial charge < -0.3 is 44.0 Å². The molecule has 14 heteroatoms. The zero-order valence-corrected chi connectivity index (χ0v) is 23.0. The van der Waals surface area contributed by atoms with Gasteiger partial charge in [0, 0.05) is 19.4 Å². The molecule has 4 amide bonds. The van der Waals surface area contributed by atoms with Gasteiger partial charge in [-0.3, -0.25) is 24.2 Å². The maximum absolute atomic E-state index is 13.4. The number of rotatable bonds is 18. The molecule has 1 aromatic rings. The first-order chi connectivity index (χ1) is 18.8. The zero-order chi connectivity index (χ0) is 30.2. The van der Waals surface area contributed by atoms with Gasteiger partial charge in [-0.2, -0.15) is 0 Å². The Morgan fingerprint density at radius 3 is 1.98 bits per heavy atom. The number of carboxylic acid groups (broad SMARTS) is 1. The zero-order valence-electron chi connectivity index (χ0n) is 23.0. The van der Waals surface area contributed by atoms with Crippen molar-refractivity contribution in [3.63, 3.8) is 0 Å². The molecule has 40 heavy (non-hydrogen) atoms. The average Bonchev–Trinajstić information content (AvgIpc) is 2.87. The molecule has 0 saturated heterocycles. The average molecular weight is 563 g/mol. The first-order valence-corrected chi connectivity index (χ1v) is 13.1. The molecule has 0 fully saturated rings. The lowest BCUT2D eigenvalue weighted by molar-refractivity contribution is -0.143. The molecule has 222 valence electrons. The minimum Gasteiger partial charge on any atom is -0.480 e. The van der Waals surface area contributed by atoms with E-state index in [9.17, 15) is 29.1 Å². The molecular formula is C26H42N8O6. The standard InChI is InChI=1S/C26H42N8O6/c1-15(2)13-20(25(39)40)34-23(37)18(10-11-21(28)35)32-24(38)19(14-16-7-4-3-5-8-16)33-22(36)17(27)9-6-12-31-26(29)30/h3-5,7-8,15,17-20H,6,9-14,27H2,1-2H3,(H2,28,35)(H,32,38)(H,33,36)(H,34,37)(H,39,40)(H4,29,30,31)/t17-,18-,19-,20-/m0/s1. The van der Waals surface area contributed by atoms with Gasteiger partial charge in [-0.1, -0.05) is 44.2 Å². The number of aliphatic carboxylic acids is 1. The van der Waals surface area contributed by atoms with E-state index >= 15 is 0 Å². The number of carbonyl (C=O) groups excluding carboxylic acids is 4. The first kappa shape index (κ1) is 33.8. The topological polar surface area (TPSA) is 258 Å². The molecule has 1 rings (SSSR count). The Morgan fingerprint density at radius 1 is 0.850 bits per heavy atom. The molecule has 0 aliphatic rings. The maximum Gasteiger partial charge on any atom is 0.326 e. The third-order valence-electron chi connectivity index (χ3n) is 5.85. The van der Waals surface area contributed by atoms with Crippen molar-refractivity contribution in [2.24, 2.45) is 33.8 Å². The van der Waals surface area contributed by atoms with Crippen LogP contribution in [0.15, 0.2) is 35.3 Å². The van der Waals surface area contributed by atoms with Gasteiger partial charge in [-0.05, 0) is 37.2 Å². The fourth-order valence-electron chi connectivity index (χ4n) is 3.78. The van der Waals surface area contributed by atoms with Crippen LogP contribution in [-0.2, 0) is 30.4 Å². The number of benzene rings is 1. The third kappa shape index (κ3) is 13.6. The van der Waals surface area contributed by atoms with Crippen molar-refractivity contribution in [3.8, 4) is 0 Å². The molecule has 1 aromatic carbocycles. The third-order valence-corrected chi connectivity index (χ3v) is 5.85. The second-order valence-electron chi connectivity index (χ2n) is 9.90. The van der Waals surface area contributed by atoms with Crippen LogP contribution in [0.4, 0.5) is 0 Å². The summed E-state index contributed by atoms with van der Waals surface area (Å²) in [7, 11) is 0. The Morgan fingerprint density at radius 2 is 1.43 bits per heavy atom. The van der Waals surface area contributed by atoms with Crippen molar-refractivity contribution in [1.29, 1.82) is 0 Å². The summed E-state index contributed by atoms with van der Waals surface area (Å²) in [6.45, 7) is 3.88. The number of guanidine groups is 1. The van der Waals surface area contributed by atoms with E-state index in [0.29, 0.717) is 6.42 Å². The van der Waals surface area contributed by atoms with Crippen LogP contribution in [0.2, 0.25) is 0 Å². The van der Waals surface area contributed by atoms with E-state index in [2.05, 4.69) is 20.9 Å². The smallest absolute Gasteiger partial charge is 0.326 e. The number of hydrogen-bond donors (Lipinski definition) is 8. The van der Waals surface area contributed by atoms with E-state index in [1.807, 2.05) is 0 Å². The Balaban J connectivity index is 3.08. The van der Waals surface area contributed by atoms with Crippen molar-refractivity contribution in [3.05, 3.63) is 35.9 Å². The summed E-state index contributed by atoms with van der Waals surface area (Å²) in [5, 5.41) is 17.1. The van der Waals surface area contributed by atoms with Gasteiger partial charge in [-0.15, -0.1) is 0 Å². The van der Waals surface area contributed by atoms with Gasteiger partial charge >= 0.3 is 5.97 Å². The highest BCUT2D eigenvalue weighted by atomic mass is 16.4. The molecule has 0 unspecified atom stereocenters. The van der Waals surface area contributed by atoms with Crippen LogP contribution in [0.5, 0.6) is 0 Å². The lowest BCUT2D eigenvalue weighted by Crippen LogP contribution is -2.57. The fraction of sp³-hybridized carbons (Fsp3) is 0.538. The molecule has 0 aliphatic heterocycles. The summed E-state index contributed by atoms with van der Waals surface area (Å²) in [6.07, 6.45) is 0.504. The second-order valence-corrected chi connectivity index (χ2v) is 9.90. The van der Waals surface area contributed by atoms with Crippen molar-refractivity contribution in [1.82, 2.24) is 16.0 Å². The molecule has 0 saturated carbocycles. The maximum atomic E-state index is 13.4. The first-order valence-electron chi connectivity index (χ1n) is 13.1. The van der Waals surface area contributed by atoms with Gasteiger partial charge in [0.2, 0.25) is 23.6 Å². The van der Waals surface area contributed by atoms with Crippen LogP contribution >= 0.6 is 0 Å². The van der Waals surface area contributed by atoms with Crippen LogP contribution in [-0.4, -0.2) is 71.4 Å². The van der Waals surface area contributed by atoms with Crippen LogP contribution in [0, 0.1) is 5.92 Å². The number of hydrogen-bond acceptors (Lipinski definition) is 7. The molecule has 14 nitrogen and oxygen atoms in total. The molecule has 0 bridgehead atoms. The lowest BCUT2D eigenvalue weighted by atomic mass is 10.0. The van der Waals surface area contributed by atoms with Gasteiger partial charge in [0.05, 0.1) is 6.04 Å². The fourth-order valence-corrected chi connectivity index (χ4v) is 3.78. The quantitative estimate of drug-likeness (QED) is 0.0585. The summed E-state index contributed by atoms with van der Waals surface area (Å²) < 4.78 is 0. The van der Waals surface area contributed by atoms with Crippen LogP contribution < -0.4 is 38.9 Å². The molecular weight excluding hydrogens is 520 g/mol. The molecule has 0 spiro atoms. The van der Waals surface area contributed by atoms with E-state index < -0.39 is 53.8 Å². The van der Waals surface area contributed by atoms with Crippen molar-refractivity contribution < 1.29 is 29.1 Å². The SMILES string of the molecule is CC(C)C[C@H](NC(=O)[C@H](CCC(N)=O)NC(=O)[C@H](Cc1ccccc1)NC(=O)[C@@H](N)CCCN=C(N)N)C(=O)O. The van der Waals surface area contributed by atoms with E-state index in [-0.39, 0.29) is 50.5 Å². The molecule has 12 N–H and O–H groups in total. The number of nitrogens with one attached hydrogen (secondary N) is 3. The highest BCUT2D eigenvalue weighted by molar-refractivity contribution is 5.94. The highest BCUT2D eigenvalue weighted by Gasteiger charge is 2.31. The number of nitrogens with zero attached hydrogens (tertiary/aromatic N) is 1. The monoisotopic (exact) mass is 562 g/mol. The van der Waals surface area contributed by atoms with E-state index in [0.717, 1.165) is 5.56 Å². The number of aliphatic imine (C=N–C) groups is 1. The number of carbonyl (C=O) groups is 5. The van der Waals surface area contributed by atoms with E-state index in [1.165, 1.54) is 0 Å². The van der Waals surface area contributed by atoms with Crippen LogP contribution in [0.1, 0.15) is 51.5 Å². The number of primary amides is 1. The minimum absolute atomic E-state index is 0.0331. The molecule has 0 aliphatic carbocycles. The van der Waals surface area contributed by atoms with Crippen molar-refractivity contribution >= 4 is 35.6 Å². The Labute approximate surface area is 233 Å². The number of amides is 4. The normalized spacial score (nSPS) is 13.8. The Bertz CT molecular complexity index is 1030. The summed E-state index contributed by atoms with van der Waals surface area (Å²) in [6, 6.07) is 4.30. The molecule has 4 atom stereocenters. The number of carboxylic acids is 1. The van der Waals surface area contributed by atoms with Crippen molar-refractivity contribution in [2.45, 2.75) is 76.5 Å². The van der Waals surface area contributed by atoms with E-state index in [1.54, 1.807) is 44.2 Å². The highest BCUT2D eigenvalue weighted by Crippen LogP contribution is 2.09.